The van der Waals surface area contributed by atoms with Gasteiger partial charge >= 0.3 is 0 Å². The molecule has 3 N–H and O–H groups in total. The van der Waals surface area contributed by atoms with Crippen LogP contribution in [0.1, 0.15) is 86.0 Å². The third-order valence-corrected chi connectivity index (χ3v) is 9.68. The van der Waals surface area contributed by atoms with Crippen LogP contribution in [0.4, 0.5) is 0 Å². The number of aliphatic imine (C=N–C) groups is 1. The minimum Gasteiger partial charge on any atom is -0.373 e. The second kappa shape index (κ2) is 17.7. The van der Waals surface area contributed by atoms with Crippen LogP contribution in [0.15, 0.2) is 71.1 Å². The SMILES string of the molecule is C=O.CC.CNC1=C2CC(C=N1)/C=C/CCCCNCCN1C(=O)C(CC(c3ccccc3)C1C)NC(=O)c1cnc3c(c1)CC2C3. The summed E-state index contributed by atoms with van der Waals surface area (Å²) in [5.41, 5.74) is 5.22. The Morgan fingerprint density at radius 2 is 1.81 bits per heavy atom. The van der Waals surface area contributed by atoms with Crippen molar-refractivity contribution in [1.29, 1.82) is 0 Å². The average molecular weight is 641 g/mol. The maximum absolute atomic E-state index is 13.8. The molecule has 0 saturated carbocycles. The number of hydrogen-bond acceptors (Lipinski definition) is 7. The van der Waals surface area contributed by atoms with E-state index in [0.29, 0.717) is 30.4 Å². The number of nitrogens with zero attached hydrogens (tertiary/aromatic N) is 3. The molecule has 4 aliphatic rings. The molecule has 0 spiro atoms. The Morgan fingerprint density at radius 1 is 1.02 bits per heavy atom. The monoisotopic (exact) mass is 640 g/mol. The lowest BCUT2D eigenvalue weighted by atomic mass is 9.81. The number of allylic oxidation sites excluding steroid dienone is 3. The molecule has 4 heterocycles. The highest BCUT2D eigenvalue weighted by atomic mass is 16.2. The van der Waals surface area contributed by atoms with Gasteiger partial charge in [-0.25, -0.2) is 4.99 Å². The predicted octanol–water partition coefficient (Wildman–Crippen LogP) is 4.99. The lowest BCUT2D eigenvalue weighted by molar-refractivity contribution is -0.139. The second-order valence-electron chi connectivity index (χ2n) is 12.4. The molecule has 5 unspecified atom stereocenters. The van der Waals surface area contributed by atoms with Crippen LogP contribution in [0.25, 0.3) is 0 Å². The van der Waals surface area contributed by atoms with Gasteiger partial charge in [-0.1, -0.05) is 56.3 Å². The number of benzene rings is 1. The van der Waals surface area contributed by atoms with Gasteiger partial charge in [-0.15, -0.1) is 0 Å². The molecular weight excluding hydrogens is 588 g/mol. The fourth-order valence-corrected chi connectivity index (χ4v) is 7.27. The molecule has 1 fully saturated rings. The van der Waals surface area contributed by atoms with Gasteiger partial charge in [-0.3, -0.25) is 14.6 Å². The number of piperidine rings is 1. The molecule has 1 aromatic carbocycles. The molecule has 0 radical (unpaired) electrons. The quantitative estimate of drug-likeness (QED) is 0.399. The molecule has 252 valence electrons. The van der Waals surface area contributed by atoms with Gasteiger partial charge < -0.3 is 25.6 Å². The summed E-state index contributed by atoms with van der Waals surface area (Å²) in [6.07, 6.45) is 14.8. The highest BCUT2D eigenvalue weighted by Crippen LogP contribution is 2.37. The van der Waals surface area contributed by atoms with Crippen molar-refractivity contribution in [2.75, 3.05) is 26.7 Å². The number of nitrogens with one attached hydrogen (secondary N) is 3. The van der Waals surface area contributed by atoms with Gasteiger partial charge in [0, 0.05) is 56.1 Å². The number of aromatic nitrogens is 1. The molecule has 9 nitrogen and oxygen atoms in total. The molecule has 2 amide bonds. The summed E-state index contributed by atoms with van der Waals surface area (Å²) in [5, 5.41) is 9.96. The fourth-order valence-electron chi connectivity index (χ4n) is 7.27. The Kier molecular flexibility index (Phi) is 13.5. The smallest absolute Gasteiger partial charge is 0.253 e. The molecule has 7 bridgehead atoms. The molecule has 1 aliphatic carbocycles. The molecule has 2 aromatic rings. The minimum atomic E-state index is -0.583. The van der Waals surface area contributed by atoms with Crippen LogP contribution in [0.2, 0.25) is 0 Å². The maximum atomic E-state index is 13.8. The van der Waals surface area contributed by atoms with Gasteiger partial charge in [-0.05, 0) is 87.1 Å². The summed E-state index contributed by atoms with van der Waals surface area (Å²) in [4.78, 5) is 46.9. The van der Waals surface area contributed by atoms with E-state index in [1.54, 1.807) is 6.20 Å². The van der Waals surface area contributed by atoms with Gasteiger partial charge in [0.1, 0.15) is 18.7 Å². The zero-order valence-corrected chi connectivity index (χ0v) is 28.5. The Labute approximate surface area is 280 Å². The number of carbonyl (C=O) groups excluding carboxylic acids is 3. The Bertz CT molecular complexity index is 1440. The number of hydrogen-bond donors (Lipinski definition) is 3. The Balaban J connectivity index is 0.00000120. The molecular formula is C38H52N6O3. The molecule has 47 heavy (non-hydrogen) atoms. The third kappa shape index (κ3) is 8.63. The minimum absolute atomic E-state index is 0.00441. The third-order valence-electron chi connectivity index (χ3n) is 9.68. The van der Waals surface area contributed by atoms with E-state index in [2.05, 4.69) is 53.4 Å². The predicted molar refractivity (Wildman–Crippen MR) is 188 cm³/mol. The van der Waals surface area contributed by atoms with Crippen molar-refractivity contribution in [3.05, 3.63) is 88.5 Å². The summed E-state index contributed by atoms with van der Waals surface area (Å²) in [7, 11) is 1.94. The highest BCUT2D eigenvalue weighted by molar-refractivity contribution is 5.98. The zero-order valence-electron chi connectivity index (χ0n) is 28.5. The zero-order chi connectivity index (χ0) is 33.8. The van der Waals surface area contributed by atoms with Crippen molar-refractivity contribution in [1.82, 2.24) is 25.8 Å². The Hall–Kier alpha value is -4.11. The fraction of sp³-hybridized carbons (Fsp3) is 0.500. The van der Waals surface area contributed by atoms with E-state index >= 15 is 0 Å². The second-order valence-corrected chi connectivity index (χ2v) is 12.4. The first kappa shape index (κ1) is 35.7. The molecule has 9 heteroatoms. The topological polar surface area (TPSA) is 116 Å². The van der Waals surface area contributed by atoms with Gasteiger partial charge in [0.15, 0.2) is 0 Å². The van der Waals surface area contributed by atoms with Crippen LogP contribution in [0, 0.1) is 11.8 Å². The van der Waals surface area contributed by atoms with Crippen LogP contribution in [-0.4, -0.2) is 73.5 Å². The molecule has 1 aromatic heterocycles. The standard InChI is InChI=1S/C35H44N6O2.C2H6.CH2O/c1-23-29(25-11-7-5-8-12-25)20-32-35(43)41(23)15-14-37-13-9-4-3-6-10-24-16-30(33(36-2)39-21-24)26-17-27-18-28(34(42)40-32)22-38-31(27)19-26;2*1-2/h5-8,10-12,18,21-24,26,29,32,36-37H,3-4,9,13-17,19-20H2,1-2H3,(H,40,42);1-2H3;1H2/b10-6+;;. The van der Waals surface area contributed by atoms with E-state index < -0.39 is 6.04 Å². The number of carbonyl (C=O) groups is 3. The molecule has 5 atom stereocenters. The van der Waals surface area contributed by atoms with Crippen LogP contribution in [0.5, 0.6) is 0 Å². The van der Waals surface area contributed by atoms with Crippen LogP contribution >= 0.6 is 0 Å². The van der Waals surface area contributed by atoms with Gasteiger partial charge in [-0.2, -0.15) is 0 Å². The summed E-state index contributed by atoms with van der Waals surface area (Å²) in [6, 6.07) is 11.8. The van der Waals surface area contributed by atoms with Crippen molar-refractivity contribution in [3.8, 4) is 0 Å². The van der Waals surface area contributed by atoms with E-state index in [1.807, 2.05) is 56.8 Å². The van der Waals surface area contributed by atoms with Gasteiger partial charge in [0.05, 0.1) is 5.56 Å². The molecule has 3 aliphatic heterocycles. The lowest BCUT2D eigenvalue weighted by Gasteiger charge is -2.43. The largest absolute Gasteiger partial charge is 0.373 e. The van der Waals surface area contributed by atoms with Crippen LogP contribution < -0.4 is 16.0 Å². The molecule has 6 rings (SSSR count). The van der Waals surface area contributed by atoms with Crippen LogP contribution in [0.3, 0.4) is 0 Å². The summed E-state index contributed by atoms with van der Waals surface area (Å²) in [5.74, 6) is 1.47. The van der Waals surface area contributed by atoms with E-state index in [1.165, 1.54) is 11.1 Å². The van der Waals surface area contributed by atoms with Crippen molar-refractivity contribution in [2.45, 2.75) is 83.7 Å². The lowest BCUT2D eigenvalue weighted by Crippen LogP contribution is -2.59. The average Bonchev–Trinajstić information content (AvgIpc) is 3.55. The maximum Gasteiger partial charge on any atom is 0.253 e. The first-order chi connectivity index (χ1) is 23.0. The number of rotatable bonds is 2. The molecule has 1 saturated heterocycles. The van der Waals surface area contributed by atoms with Crippen LogP contribution in [-0.2, 0) is 22.4 Å². The first-order valence-electron chi connectivity index (χ1n) is 17.3. The number of pyridine rings is 1. The van der Waals surface area contributed by atoms with Crippen molar-refractivity contribution < 1.29 is 14.4 Å². The van der Waals surface area contributed by atoms with Gasteiger partial charge in [0.25, 0.3) is 5.91 Å². The first-order valence-corrected chi connectivity index (χ1v) is 17.3. The number of amides is 2. The Morgan fingerprint density at radius 3 is 2.57 bits per heavy atom. The van der Waals surface area contributed by atoms with E-state index in [0.717, 1.165) is 68.7 Å². The summed E-state index contributed by atoms with van der Waals surface area (Å²) in [6.45, 7) is 10.4. The van der Waals surface area contributed by atoms with E-state index in [-0.39, 0.29) is 23.8 Å². The van der Waals surface area contributed by atoms with Crippen molar-refractivity contribution >= 4 is 24.8 Å². The van der Waals surface area contributed by atoms with Crippen molar-refractivity contribution in [3.63, 3.8) is 0 Å². The normalized spacial score (nSPS) is 26.8. The highest BCUT2D eigenvalue weighted by Gasteiger charge is 2.41. The number of fused-ring (bicyclic) bond motifs is 7. The summed E-state index contributed by atoms with van der Waals surface area (Å²) < 4.78 is 0. The van der Waals surface area contributed by atoms with E-state index in [4.69, 9.17) is 14.8 Å². The van der Waals surface area contributed by atoms with E-state index in [9.17, 15) is 9.59 Å². The van der Waals surface area contributed by atoms with Gasteiger partial charge in [0.2, 0.25) is 5.91 Å². The van der Waals surface area contributed by atoms with Crippen molar-refractivity contribution in [2.24, 2.45) is 16.8 Å². The summed E-state index contributed by atoms with van der Waals surface area (Å²) >= 11 is 0.